The maximum absolute atomic E-state index is 12.6. The second kappa shape index (κ2) is 10.5. The predicted octanol–water partition coefficient (Wildman–Crippen LogP) is -0.267. The van der Waals surface area contributed by atoms with Crippen LogP contribution in [0.5, 0.6) is 0 Å². The predicted molar refractivity (Wildman–Crippen MR) is 108 cm³/mol. The van der Waals surface area contributed by atoms with E-state index in [0.717, 1.165) is 0 Å². The summed E-state index contributed by atoms with van der Waals surface area (Å²) in [6, 6.07) is -0.329. The molecule has 0 bridgehead atoms. The van der Waals surface area contributed by atoms with E-state index in [2.05, 4.69) is 21.1 Å². The van der Waals surface area contributed by atoms with Crippen molar-refractivity contribution >= 4 is 23.5 Å². The largest absolute Gasteiger partial charge is 0.382 e. The Morgan fingerprint density at radius 1 is 1.23 bits per heavy atom. The number of hydrogen-bond acceptors (Lipinski definition) is 8. The average Bonchev–Trinajstić information content (AvgIpc) is 3.30. The maximum atomic E-state index is 12.6. The van der Waals surface area contributed by atoms with Crippen LogP contribution in [0.3, 0.4) is 0 Å². The Balaban J connectivity index is 1.90. The highest BCUT2D eigenvalue weighted by atomic mass is 16.6. The lowest BCUT2D eigenvalue weighted by Crippen LogP contribution is -2.53. The fraction of sp³-hybridized carbons (Fsp3) is 0.650. The van der Waals surface area contributed by atoms with Gasteiger partial charge in [-0.25, -0.2) is 0 Å². The van der Waals surface area contributed by atoms with Crippen molar-refractivity contribution in [3.8, 4) is 0 Å². The van der Waals surface area contributed by atoms with Gasteiger partial charge in [-0.05, 0) is 26.2 Å². The molecule has 11 heteroatoms. The van der Waals surface area contributed by atoms with Gasteiger partial charge in [-0.2, -0.15) is 0 Å². The summed E-state index contributed by atoms with van der Waals surface area (Å²) in [6.07, 6.45) is 0.455. The van der Waals surface area contributed by atoms with E-state index in [4.69, 9.17) is 14.0 Å². The van der Waals surface area contributed by atoms with Crippen molar-refractivity contribution in [2.75, 3.05) is 26.9 Å². The molecule has 1 fully saturated rings. The number of methoxy groups -OCH3 is 1. The molecule has 0 radical (unpaired) electrons. The van der Waals surface area contributed by atoms with Crippen LogP contribution in [-0.2, 0) is 23.9 Å². The first-order valence-electron chi connectivity index (χ1n) is 10.0. The number of aryl methyl sites for hydroxylation is 1. The molecule has 3 N–H and O–H groups in total. The van der Waals surface area contributed by atoms with Crippen LogP contribution < -0.4 is 16.0 Å². The summed E-state index contributed by atoms with van der Waals surface area (Å²) in [5.74, 6) is -1.84. The zero-order valence-electron chi connectivity index (χ0n) is 18.4. The molecular weight excluding hydrogens is 408 g/mol. The summed E-state index contributed by atoms with van der Waals surface area (Å²) < 4.78 is 15.0. The van der Waals surface area contributed by atoms with Crippen LogP contribution in [0.25, 0.3) is 0 Å². The van der Waals surface area contributed by atoms with Crippen LogP contribution >= 0.6 is 0 Å². The molecule has 0 aliphatic carbocycles. The molecule has 1 aromatic rings. The topological polar surface area (TPSA) is 152 Å². The van der Waals surface area contributed by atoms with Crippen molar-refractivity contribution in [1.29, 1.82) is 0 Å². The molecule has 11 nitrogen and oxygen atoms in total. The Hall–Kier alpha value is -2.79. The van der Waals surface area contributed by atoms with Crippen LogP contribution in [0.15, 0.2) is 10.6 Å². The minimum absolute atomic E-state index is 0.0463. The number of Topliss-reactive ketones (excluding diaryl/α,β-unsaturated/α-hetero) is 1. The Bertz CT molecular complexity index is 816. The smallest absolute Gasteiger partial charge is 0.290 e. The Morgan fingerprint density at radius 3 is 2.42 bits per heavy atom. The third-order valence-corrected chi connectivity index (χ3v) is 4.69. The van der Waals surface area contributed by atoms with E-state index in [0.29, 0.717) is 18.7 Å². The van der Waals surface area contributed by atoms with Crippen molar-refractivity contribution in [3.63, 3.8) is 0 Å². The molecule has 2 rings (SSSR count). The molecule has 1 aliphatic heterocycles. The van der Waals surface area contributed by atoms with E-state index in [1.165, 1.54) is 13.2 Å². The van der Waals surface area contributed by atoms with Gasteiger partial charge in [0.15, 0.2) is 5.78 Å². The minimum atomic E-state index is -1.05. The number of nitrogens with zero attached hydrogens (tertiary/aromatic N) is 1. The van der Waals surface area contributed by atoms with Crippen LogP contribution in [0, 0.1) is 12.8 Å². The number of amides is 3. The Kier molecular flexibility index (Phi) is 8.28. The summed E-state index contributed by atoms with van der Waals surface area (Å²) in [4.78, 5) is 49.6. The summed E-state index contributed by atoms with van der Waals surface area (Å²) in [7, 11) is 1.38. The first-order valence-corrected chi connectivity index (χ1v) is 10.0. The van der Waals surface area contributed by atoms with Crippen molar-refractivity contribution in [3.05, 3.63) is 17.5 Å². The number of carbonyl (C=O) groups excluding carboxylic acids is 4. The van der Waals surface area contributed by atoms with Crippen molar-refractivity contribution in [2.24, 2.45) is 5.92 Å². The fourth-order valence-electron chi connectivity index (χ4n) is 2.91. The highest BCUT2D eigenvalue weighted by Crippen LogP contribution is 2.29. The van der Waals surface area contributed by atoms with Gasteiger partial charge in [-0.1, -0.05) is 19.0 Å². The number of epoxide rings is 1. The lowest BCUT2D eigenvalue weighted by molar-refractivity contribution is -0.131. The van der Waals surface area contributed by atoms with Crippen LogP contribution in [0.2, 0.25) is 0 Å². The lowest BCUT2D eigenvalue weighted by atomic mass is 9.93. The van der Waals surface area contributed by atoms with Gasteiger partial charge in [-0.15, -0.1) is 0 Å². The maximum Gasteiger partial charge on any atom is 0.290 e. The van der Waals surface area contributed by atoms with E-state index < -0.39 is 35.4 Å². The summed E-state index contributed by atoms with van der Waals surface area (Å²) in [6.45, 7) is 7.08. The third kappa shape index (κ3) is 7.14. The number of carbonyl (C=O) groups is 4. The first-order chi connectivity index (χ1) is 14.6. The van der Waals surface area contributed by atoms with E-state index in [1.54, 1.807) is 13.8 Å². The second-order valence-corrected chi connectivity index (χ2v) is 8.17. The van der Waals surface area contributed by atoms with Crippen LogP contribution in [0.4, 0.5) is 0 Å². The summed E-state index contributed by atoms with van der Waals surface area (Å²) >= 11 is 0. The summed E-state index contributed by atoms with van der Waals surface area (Å²) in [5, 5.41) is 11.2. The Morgan fingerprint density at radius 2 is 1.90 bits per heavy atom. The van der Waals surface area contributed by atoms with Gasteiger partial charge >= 0.3 is 0 Å². The second-order valence-electron chi connectivity index (χ2n) is 8.17. The van der Waals surface area contributed by atoms with Crippen molar-refractivity contribution < 1.29 is 33.2 Å². The molecule has 172 valence electrons. The molecule has 31 heavy (non-hydrogen) atoms. The zero-order valence-corrected chi connectivity index (χ0v) is 18.4. The quantitative estimate of drug-likeness (QED) is 0.377. The number of hydrogen-bond donors (Lipinski definition) is 3. The highest BCUT2D eigenvalue weighted by molar-refractivity contribution is 5.98. The van der Waals surface area contributed by atoms with E-state index in [1.807, 2.05) is 13.8 Å². The number of aromatic nitrogens is 1. The molecule has 1 aliphatic rings. The SMILES string of the molecule is COCC(NC(=O)c1cc(C)no1)C(=O)NCC(=O)N[C@@H](CC(C)C)C(=O)[C@@]1(C)CO1. The van der Waals surface area contributed by atoms with Crippen molar-refractivity contribution in [2.45, 2.75) is 51.8 Å². The van der Waals surface area contributed by atoms with Gasteiger partial charge in [0.25, 0.3) is 5.91 Å². The molecule has 3 amide bonds. The van der Waals surface area contributed by atoms with E-state index in [9.17, 15) is 19.2 Å². The van der Waals surface area contributed by atoms with Gasteiger partial charge in [-0.3, -0.25) is 19.2 Å². The molecule has 2 heterocycles. The minimum Gasteiger partial charge on any atom is -0.382 e. The van der Waals surface area contributed by atoms with E-state index >= 15 is 0 Å². The average molecular weight is 438 g/mol. The zero-order chi connectivity index (χ0) is 23.2. The van der Waals surface area contributed by atoms with Crippen LogP contribution in [-0.4, -0.2) is 73.2 Å². The van der Waals surface area contributed by atoms with Gasteiger partial charge in [0, 0.05) is 13.2 Å². The number of nitrogens with one attached hydrogen (secondary N) is 3. The number of ketones is 1. The molecule has 0 spiro atoms. The molecule has 3 atom stereocenters. The molecule has 1 unspecified atom stereocenters. The third-order valence-electron chi connectivity index (χ3n) is 4.69. The van der Waals surface area contributed by atoms with Crippen LogP contribution in [0.1, 0.15) is 43.4 Å². The number of ether oxygens (including phenoxy) is 2. The molecular formula is C20H30N4O7. The fourth-order valence-corrected chi connectivity index (χ4v) is 2.91. The molecule has 0 saturated carbocycles. The monoisotopic (exact) mass is 438 g/mol. The van der Waals surface area contributed by atoms with Gasteiger partial charge in [0.05, 0.1) is 31.5 Å². The molecule has 1 saturated heterocycles. The molecule has 1 aromatic heterocycles. The van der Waals surface area contributed by atoms with Crippen molar-refractivity contribution in [1.82, 2.24) is 21.1 Å². The first kappa shape index (κ1) is 24.5. The molecule has 0 aromatic carbocycles. The van der Waals surface area contributed by atoms with Gasteiger partial charge in [0.2, 0.25) is 17.6 Å². The summed E-state index contributed by atoms with van der Waals surface area (Å²) in [5.41, 5.74) is -0.339. The lowest BCUT2D eigenvalue weighted by Gasteiger charge is -2.22. The van der Waals surface area contributed by atoms with E-state index in [-0.39, 0.29) is 30.6 Å². The number of rotatable bonds is 12. The van der Waals surface area contributed by atoms with Gasteiger partial charge in [0.1, 0.15) is 11.6 Å². The standard InChI is InChI=1S/C20H30N4O7/c1-11(2)6-13(17(26)20(4)10-30-20)22-16(25)8-21-18(27)14(9-29-5)23-19(28)15-7-12(3)24-31-15/h7,11,13-14H,6,8-10H2,1-5H3,(H,21,27)(H,22,25)(H,23,28)/t13-,14?,20+/m0/s1. The van der Waals surface area contributed by atoms with Gasteiger partial charge < -0.3 is 29.9 Å². The highest BCUT2D eigenvalue weighted by Gasteiger charge is 2.50. The normalized spacial score (nSPS) is 19.4. The Labute approximate surface area is 180 Å².